The van der Waals surface area contributed by atoms with Crippen LogP contribution < -0.4 is 4.74 Å². The molecule has 0 saturated heterocycles. The van der Waals surface area contributed by atoms with E-state index >= 15 is 0 Å². The van der Waals surface area contributed by atoms with Crippen LogP contribution in [0, 0.1) is 0 Å². The summed E-state index contributed by atoms with van der Waals surface area (Å²) < 4.78 is 5.41. The van der Waals surface area contributed by atoms with Crippen molar-refractivity contribution in [1.29, 1.82) is 0 Å². The lowest BCUT2D eigenvalue weighted by Gasteiger charge is -2.23. The summed E-state index contributed by atoms with van der Waals surface area (Å²) >= 11 is 1.84. The molecule has 1 aliphatic heterocycles. The highest BCUT2D eigenvalue weighted by Gasteiger charge is 2.20. The van der Waals surface area contributed by atoms with E-state index in [9.17, 15) is 0 Å². The number of fused-ring (bicyclic) bond motifs is 2. The van der Waals surface area contributed by atoms with Gasteiger partial charge in [0.1, 0.15) is 5.75 Å². The minimum atomic E-state index is 0.914. The summed E-state index contributed by atoms with van der Waals surface area (Å²) in [6.07, 6.45) is 3.40. The van der Waals surface area contributed by atoms with E-state index in [1.165, 1.54) is 26.5 Å². The van der Waals surface area contributed by atoms with Crippen molar-refractivity contribution in [3.63, 3.8) is 0 Å². The zero-order valence-corrected chi connectivity index (χ0v) is 14.1. The summed E-state index contributed by atoms with van der Waals surface area (Å²) in [5.74, 6) is 0.914. The molecule has 1 heterocycles. The van der Waals surface area contributed by atoms with Gasteiger partial charge in [0.05, 0.1) is 7.11 Å². The standard InChI is InChI=1S/C19H21NOS/c1-20(2)12-6-8-15-16-7-4-5-9-18(16)22-19-11-10-14(21-3)13-17(15)19/h4-5,7-11,13H,6,12H2,1-3H3/b15-8-. The van der Waals surface area contributed by atoms with Crippen molar-refractivity contribution in [1.82, 2.24) is 4.90 Å². The predicted octanol–water partition coefficient (Wildman–Crippen LogP) is 4.54. The quantitative estimate of drug-likeness (QED) is 0.702. The monoisotopic (exact) mass is 311 g/mol. The lowest BCUT2D eigenvalue weighted by atomic mass is 9.96. The molecule has 2 aromatic rings. The molecule has 0 aliphatic carbocycles. The molecule has 0 atom stereocenters. The van der Waals surface area contributed by atoms with Crippen molar-refractivity contribution < 1.29 is 4.74 Å². The van der Waals surface area contributed by atoms with E-state index in [-0.39, 0.29) is 0 Å². The molecule has 0 amide bonds. The van der Waals surface area contributed by atoms with Gasteiger partial charge in [-0.3, -0.25) is 0 Å². The summed E-state index contributed by atoms with van der Waals surface area (Å²) in [6.45, 7) is 1.05. The molecule has 0 radical (unpaired) electrons. The second-order valence-electron chi connectivity index (χ2n) is 5.67. The Bertz CT molecular complexity index is 706. The molecule has 0 N–H and O–H groups in total. The third kappa shape index (κ3) is 3.06. The Morgan fingerprint density at radius 1 is 1.05 bits per heavy atom. The van der Waals surface area contributed by atoms with Crippen LogP contribution >= 0.6 is 11.8 Å². The van der Waals surface area contributed by atoms with Crippen LogP contribution in [0.3, 0.4) is 0 Å². The summed E-state index contributed by atoms with van der Waals surface area (Å²) in [5.41, 5.74) is 3.93. The molecule has 2 aromatic carbocycles. The van der Waals surface area contributed by atoms with Gasteiger partial charge >= 0.3 is 0 Å². The highest BCUT2D eigenvalue weighted by Crippen LogP contribution is 2.46. The van der Waals surface area contributed by atoms with Crippen LogP contribution in [0.1, 0.15) is 17.5 Å². The molecule has 114 valence electrons. The van der Waals surface area contributed by atoms with Gasteiger partial charge in [-0.1, -0.05) is 36.0 Å². The maximum Gasteiger partial charge on any atom is 0.119 e. The fraction of sp³-hybridized carbons (Fsp3) is 0.263. The molecular weight excluding hydrogens is 290 g/mol. The topological polar surface area (TPSA) is 12.5 Å². The number of benzene rings is 2. The first-order valence-corrected chi connectivity index (χ1v) is 8.31. The molecule has 22 heavy (non-hydrogen) atoms. The van der Waals surface area contributed by atoms with Gasteiger partial charge in [-0.05, 0) is 61.5 Å². The van der Waals surface area contributed by atoms with Crippen molar-refractivity contribution in [2.24, 2.45) is 0 Å². The highest BCUT2D eigenvalue weighted by molar-refractivity contribution is 7.99. The number of ether oxygens (including phenoxy) is 1. The highest BCUT2D eigenvalue weighted by atomic mass is 32.2. The Balaban J connectivity index is 2.06. The molecule has 0 fully saturated rings. The third-order valence-electron chi connectivity index (χ3n) is 3.80. The summed E-state index contributed by atoms with van der Waals surface area (Å²) in [4.78, 5) is 4.85. The lowest BCUT2D eigenvalue weighted by Crippen LogP contribution is -2.12. The normalized spacial score (nSPS) is 14.8. The number of hydrogen-bond donors (Lipinski definition) is 0. The fourth-order valence-corrected chi connectivity index (χ4v) is 3.75. The van der Waals surface area contributed by atoms with Crippen LogP contribution in [0.15, 0.2) is 58.3 Å². The van der Waals surface area contributed by atoms with E-state index in [0.717, 1.165) is 18.7 Å². The Morgan fingerprint density at radius 2 is 1.82 bits per heavy atom. The molecular formula is C19H21NOS. The first kappa shape index (κ1) is 15.2. The Hall–Kier alpha value is -1.71. The number of nitrogens with zero attached hydrogens (tertiary/aromatic N) is 1. The van der Waals surface area contributed by atoms with Crippen molar-refractivity contribution in [3.8, 4) is 5.75 Å². The van der Waals surface area contributed by atoms with Gasteiger partial charge in [0.15, 0.2) is 0 Å². The zero-order valence-electron chi connectivity index (χ0n) is 13.3. The fourth-order valence-electron chi connectivity index (χ4n) is 2.66. The minimum absolute atomic E-state index is 0.914. The largest absolute Gasteiger partial charge is 0.497 e. The average Bonchev–Trinajstić information content (AvgIpc) is 2.53. The van der Waals surface area contributed by atoms with Crippen molar-refractivity contribution in [2.75, 3.05) is 27.7 Å². The smallest absolute Gasteiger partial charge is 0.119 e. The first-order valence-electron chi connectivity index (χ1n) is 7.49. The molecule has 2 nitrogen and oxygen atoms in total. The van der Waals surface area contributed by atoms with E-state index in [0.29, 0.717) is 0 Å². The first-order chi connectivity index (χ1) is 10.7. The van der Waals surface area contributed by atoms with E-state index in [1.807, 2.05) is 17.8 Å². The van der Waals surface area contributed by atoms with Crippen LogP contribution in [0.5, 0.6) is 5.75 Å². The average molecular weight is 311 g/mol. The molecule has 0 aromatic heterocycles. The third-order valence-corrected chi connectivity index (χ3v) is 4.95. The number of rotatable bonds is 4. The minimum Gasteiger partial charge on any atom is -0.497 e. The van der Waals surface area contributed by atoms with Gasteiger partial charge in [0.2, 0.25) is 0 Å². The maximum absolute atomic E-state index is 5.41. The van der Waals surface area contributed by atoms with Crippen molar-refractivity contribution >= 4 is 17.3 Å². The summed E-state index contributed by atoms with van der Waals surface area (Å²) in [6, 6.07) is 15.0. The molecule has 0 spiro atoms. The van der Waals surface area contributed by atoms with Gasteiger partial charge in [-0.2, -0.15) is 0 Å². The van der Waals surface area contributed by atoms with Crippen LogP contribution in [0.25, 0.3) is 5.57 Å². The Labute approximate surface area is 136 Å². The maximum atomic E-state index is 5.41. The summed E-state index contributed by atoms with van der Waals surface area (Å²) in [5, 5.41) is 0. The Morgan fingerprint density at radius 3 is 2.59 bits per heavy atom. The van der Waals surface area contributed by atoms with Gasteiger partial charge in [0.25, 0.3) is 0 Å². The van der Waals surface area contributed by atoms with E-state index in [2.05, 4.69) is 61.5 Å². The number of hydrogen-bond acceptors (Lipinski definition) is 3. The lowest BCUT2D eigenvalue weighted by molar-refractivity contribution is 0.414. The molecule has 3 rings (SSSR count). The molecule has 0 saturated carbocycles. The molecule has 0 bridgehead atoms. The van der Waals surface area contributed by atoms with Gasteiger partial charge in [-0.15, -0.1) is 0 Å². The molecule has 1 aliphatic rings. The second kappa shape index (κ2) is 6.59. The van der Waals surface area contributed by atoms with Crippen LogP contribution in [-0.2, 0) is 0 Å². The molecule has 3 heteroatoms. The van der Waals surface area contributed by atoms with Gasteiger partial charge < -0.3 is 9.64 Å². The van der Waals surface area contributed by atoms with E-state index in [4.69, 9.17) is 4.74 Å². The van der Waals surface area contributed by atoms with Gasteiger partial charge in [-0.25, -0.2) is 0 Å². The van der Waals surface area contributed by atoms with Crippen molar-refractivity contribution in [3.05, 3.63) is 59.7 Å². The number of methoxy groups -OCH3 is 1. The predicted molar refractivity (Wildman–Crippen MR) is 93.8 cm³/mol. The zero-order chi connectivity index (χ0) is 15.5. The van der Waals surface area contributed by atoms with Crippen molar-refractivity contribution in [2.45, 2.75) is 16.2 Å². The Kier molecular flexibility index (Phi) is 4.55. The second-order valence-corrected chi connectivity index (χ2v) is 6.75. The summed E-state index contributed by atoms with van der Waals surface area (Å²) in [7, 11) is 5.95. The SMILES string of the molecule is COc1ccc2c(c1)/C(=C\CCN(C)C)c1ccccc1S2. The van der Waals surface area contributed by atoms with Crippen LogP contribution in [0.2, 0.25) is 0 Å². The molecule has 0 unspecified atom stereocenters. The van der Waals surface area contributed by atoms with Gasteiger partial charge in [0, 0.05) is 16.3 Å². The van der Waals surface area contributed by atoms with E-state index < -0.39 is 0 Å². The van der Waals surface area contributed by atoms with Crippen LogP contribution in [-0.4, -0.2) is 32.6 Å². The van der Waals surface area contributed by atoms with E-state index in [1.54, 1.807) is 7.11 Å². The van der Waals surface area contributed by atoms with Crippen LogP contribution in [0.4, 0.5) is 0 Å².